The molecule has 2 aliphatic rings. The van der Waals surface area contributed by atoms with Crippen LogP contribution in [0.4, 0.5) is 21.7 Å². The first-order valence-corrected chi connectivity index (χ1v) is 12.3. The number of anilines is 3. The normalized spacial score (nSPS) is 17.2. The molecule has 6 heterocycles. The number of nitrogens with one attached hydrogen (secondary N) is 1. The lowest BCUT2D eigenvalue weighted by Crippen LogP contribution is -2.56. The Morgan fingerprint density at radius 1 is 1.11 bits per heavy atom. The van der Waals surface area contributed by atoms with E-state index < -0.39 is 5.82 Å². The van der Waals surface area contributed by atoms with Crippen LogP contribution in [0.3, 0.4) is 0 Å². The Balaban J connectivity index is 1.20. The summed E-state index contributed by atoms with van der Waals surface area (Å²) >= 11 is 0. The Morgan fingerprint density at radius 2 is 2.03 bits per heavy atom. The van der Waals surface area contributed by atoms with Crippen LogP contribution in [0.5, 0.6) is 17.2 Å². The number of nitrogens with zero attached hydrogens (tertiary/aromatic N) is 8. The first kappa shape index (κ1) is 22.6. The van der Waals surface area contributed by atoms with Crippen molar-refractivity contribution in [3.8, 4) is 17.2 Å². The lowest BCUT2D eigenvalue weighted by molar-refractivity contribution is 0.187. The summed E-state index contributed by atoms with van der Waals surface area (Å²) in [7, 11) is 2.11. The summed E-state index contributed by atoms with van der Waals surface area (Å²) in [5, 5.41) is 7.19. The highest BCUT2D eigenvalue weighted by atomic mass is 19.1. The standard InChI is InChI=1S/C26H24FN9O2/c1-15-20(38-17-5-6-36-22(9-17)29-14-31-36)4-3-18(23(15)27)32-25-24-19(28-13-30-25)10-21-26(33-24)35-8-7-34(2)11-16(35)12-37-21/h3-6,9-10,13-14,16H,7-8,11-12H2,1-2H3,(H,28,30,32)/t16-/m0/s1. The second-order valence-electron chi connectivity index (χ2n) is 9.52. The average molecular weight is 514 g/mol. The highest BCUT2D eigenvalue weighted by molar-refractivity contribution is 5.90. The van der Waals surface area contributed by atoms with Gasteiger partial charge in [-0.25, -0.2) is 28.8 Å². The van der Waals surface area contributed by atoms with E-state index in [0.717, 1.165) is 25.5 Å². The van der Waals surface area contributed by atoms with Crippen molar-refractivity contribution < 1.29 is 13.9 Å². The Hall–Kier alpha value is -4.58. The number of hydrogen-bond acceptors (Lipinski definition) is 10. The first-order chi connectivity index (χ1) is 18.5. The first-order valence-electron chi connectivity index (χ1n) is 12.3. The molecule has 0 radical (unpaired) electrons. The van der Waals surface area contributed by atoms with Crippen molar-refractivity contribution in [3.05, 3.63) is 60.6 Å². The summed E-state index contributed by atoms with van der Waals surface area (Å²) < 4.78 is 29.1. The molecule has 38 heavy (non-hydrogen) atoms. The lowest BCUT2D eigenvalue weighted by atomic mass is 10.1. The quantitative estimate of drug-likeness (QED) is 0.383. The molecule has 0 aliphatic carbocycles. The van der Waals surface area contributed by atoms with E-state index in [2.05, 4.69) is 42.2 Å². The van der Waals surface area contributed by atoms with Gasteiger partial charge in [-0.1, -0.05) is 0 Å². The summed E-state index contributed by atoms with van der Waals surface area (Å²) in [6.45, 7) is 4.97. The fourth-order valence-electron chi connectivity index (χ4n) is 4.97. The number of halogens is 1. The van der Waals surface area contributed by atoms with Gasteiger partial charge in [0.2, 0.25) is 0 Å². The molecule has 2 aliphatic heterocycles. The number of likely N-dealkylation sites (N-methyl/N-ethyl adjacent to an activating group) is 1. The maximum Gasteiger partial charge on any atom is 0.172 e. The number of benzene rings is 1. The largest absolute Gasteiger partial charge is 0.487 e. The van der Waals surface area contributed by atoms with E-state index in [9.17, 15) is 0 Å². The van der Waals surface area contributed by atoms with E-state index in [1.54, 1.807) is 41.9 Å². The molecule has 1 fully saturated rings. The molecule has 192 valence electrons. The molecular formula is C26H24FN9O2. The molecule has 0 saturated carbocycles. The van der Waals surface area contributed by atoms with Crippen molar-refractivity contribution in [2.24, 2.45) is 0 Å². The van der Waals surface area contributed by atoms with E-state index in [1.165, 1.54) is 12.7 Å². The highest BCUT2D eigenvalue weighted by Crippen LogP contribution is 2.38. The fraction of sp³-hybridized carbons (Fsp3) is 0.269. The van der Waals surface area contributed by atoms with Crippen molar-refractivity contribution in [1.29, 1.82) is 0 Å². The van der Waals surface area contributed by atoms with Crippen LogP contribution in [0.15, 0.2) is 49.2 Å². The third-order valence-electron chi connectivity index (χ3n) is 7.02. The van der Waals surface area contributed by atoms with Gasteiger partial charge in [-0.05, 0) is 32.2 Å². The van der Waals surface area contributed by atoms with E-state index in [4.69, 9.17) is 14.5 Å². The number of rotatable bonds is 4. The fourth-order valence-corrected chi connectivity index (χ4v) is 4.97. The minimum Gasteiger partial charge on any atom is -0.487 e. The number of fused-ring (bicyclic) bond motifs is 5. The van der Waals surface area contributed by atoms with Crippen LogP contribution in [0, 0.1) is 12.7 Å². The van der Waals surface area contributed by atoms with Gasteiger partial charge >= 0.3 is 0 Å². The average Bonchev–Trinajstić information content (AvgIpc) is 3.40. The molecule has 0 spiro atoms. The lowest BCUT2D eigenvalue weighted by Gasteiger charge is -2.43. The predicted molar refractivity (Wildman–Crippen MR) is 139 cm³/mol. The zero-order valence-electron chi connectivity index (χ0n) is 20.8. The van der Waals surface area contributed by atoms with Crippen molar-refractivity contribution in [2.75, 3.05) is 43.5 Å². The van der Waals surface area contributed by atoms with Crippen LogP contribution in [0.1, 0.15) is 5.56 Å². The molecule has 4 aromatic heterocycles. The minimum atomic E-state index is -0.446. The smallest absolute Gasteiger partial charge is 0.172 e. The van der Waals surface area contributed by atoms with E-state index in [1.807, 2.05) is 6.07 Å². The zero-order valence-corrected chi connectivity index (χ0v) is 20.8. The molecule has 7 rings (SSSR count). The number of pyridine rings is 2. The minimum absolute atomic E-state index is 0.227. The topological polar surface area (TPSA) is 106 Å². The predicted octanol–water partition coefficient (Wildman–Crippen LogP) is 3.56. The second kappa shape index (κ2) is 8.77. The summed E-state index contributed by atoms with van der Waals surface area (Å²) in [6.07, 6.45) is 4.63. The van der Waals surface area contributed by atoms with Gasteiger partial charge in [0.15, 0.2) is 28.8 Å². The van der Waals surface area contributed by atoms with Crippen LogP contribution in [0.2, 0.25) is 0 Å². The molecule has 1 N–H and O–H groups in total. The van der Waals surface area contributed by atoms with Gasteiger partial charge in [0.1, 0.15) is 36.3 Å². The molecular weight excluding hydrogens is 489 g/mol. The molecule has 1 aromatic carbocycles. The molecule has 5 aromatic rings. The number of aromatic nitrogens is 6. The van der Waals surface area contributed by atoms with Gasteiger partial charge in [-0.3, -0.25) is 0 Å². The van der Waals surface area contributed by atoms with Crippen molar-refractivity contribution in [3.63, 3.8) is 0 Å². The number of hydrogen-bond donors (Lipinski definition) is 1. The zero-order chi connectivity index (χ0) is 25.8. The van der Waals surface area contributed by atoms with Crippen molar-refractivity contribution in [2.45, 2.75) is 13.0 Å². The summed E-state index contributed by atoms with van der Waals surface area (Å²) in [5.74, 6) is 2.38. The monoisotopic (exact) mass is 513 g/mol. The molecule has 1 atom stereocenters. The molecule has 0 bridgehead atoms. The van der Waals surface area contributed by atoms with Crippen LogP contribution in [0.25, 0.3) is 16.7 Å². The molecule has 0 unspecified atom stereocenters. The number of piperazine rings is 1. The molecule has 0 amide bonds. The van der Waals surface area contributed by atoms with Crippen LogP contribution >= 0.6 is 0 Å². The Labute approximate surface area is 216 Å². The Bertz CT molecular complexity index is 1690. The van der Waals surface area contributed by atoms with Crippen molar-refractivity contribution in [1.82, 2.24) is 34.4 Å². The van der Waals surface area contributed by atoms with E-state index >= 15 is 4.39 Å². The maximum absolute atomic E-state index is 15.5. The third kappa shape index (κ3) is 3.80. The molecule has 11 nitrogen and oxygen atoms in total. The maximum atomic E-state index is 15.5. The van der Waals surface area contributed by atoms with Gasteiger partial charge in [0.25, 0.3) is 0 Å². The summed E-state index contributed by atoms with van der Waals surface area (Å²) in [4.78, 5) is 22.4. The van der Waals surface area contributed by atoms with E-state index in [-0.39, 0.29) is 11.7 Å². The van der Waals surface area contributed by atoms with Gasteiger partial charge < -0.3 is 24.6 Å². The van der Waals surface area contributed by atoms with Gasteiger partial charge in [-0.15, -0.1) is 0 Å². The molecule has 1 saturated heterocycles. The van der Waals surface area contributed by atoms with Gasteiger partial charge in [-0.2, -0.15) is 5.10 Å². The van der Waals surface area contributed by atoms with Crippen molar-refractivity contribution >= 4 is 34.0 Å². The Kier molecular flexibility index (Phi) is 5.22. The second-order valence-corrected chi connectivity index (χ2v) is 9.52. The SMILES string of the molecule is Cc1c(Oc2ccn3ncnc3c2)ccc(Nc2ncnc3cc4c(nc23)N2CCN(C)C[C@H]2CO4)c1F. The summed E-state index contributed by atoms with van der Waals surface area (Å²) in [5.41, 5.74) is 2.42. The van der Waals surface area contributed by atoms with Gasteiger partial charge in [0.05, 0.1) is 17.2 Å². The Morgan fingerprint density at radius 3 is 2.95 bits per heavy atom. The summed E-state index contributed by atoms with van der Waals surface area (Å²) in [6, 6.07) is 8.94. The van der Waals surface area contributed by atoms with E-state index in [0.29, 0.717) is 51.9 Å². The molecule has 12 heteroatoms. The highest BCUT2D eigenvalue weighted by Gasteiger charge is 2.33. The van der Waals surface area contributed by atoms with Crippen LogP contribution in [-0.4, -0.2) is 73.8 Å². The third-order valence-corrected chi connectivity index (χ3v) is 7.02. The van der Waals surface area contributed by atoms with Gasteiger partial charge in [0, 0.05) is 43.5 Å². The van der Waals surface area contributed by atoms with Crippen LogP contribution in [-0.2, 0) is 0 Å². The number of ether oxygens (including phenoxy) is 2. The van der Waals surface area contributed by atoms with Crippen LogP contribution < -0.4 is 19.7 Å².